The molecule has 3 aromatic rings. The first kappa shape index (κ1) is 23.8. The minimum absolute atomic E-state index is 0. The van der Waals surface area contributed by atoms with Gasteiger partial charge in [-0.15, -0.1) is 5.92 Å². The molecule has 1 aromatic heterocycles. The van der Waals surface area contributed by atoms with E-state index in [9.17, 15) is 22.4 Å². The van der Waals surface area contributed by atoms with E-state index in [0.717, 1.165) is 0 Å². The molecule has 2 aromatic carbocycles. The van der Waals surface area contributed by atoms with E-state index in [1.807, 2.05) is 6.92 Å². The Hall–Kier alpha value is -3.84. The number of anilines is 1. The molecule has 3 rings (SSSR count). The third-order valence-electron chi connectivity index (χ3n) is 4.73. The van der Waals surface area contributed by atoms with E-state index in [0.29, 0.717) is 23.0 Å². The second-order valence-electron chi connectivity index (χ2n) is 6.97. The molecular formula is C23H26FN3O5S. The van der Waals surface area contributed by atoms with E-state index >= 15 is 0 Å². The quantitative estimate of drug-likeness (QED) is 0.517. The largest absolute Gasteiger partial charge is 0.436 e. The number of hydrogen-bond acceptors (Lipinski definition) is 5. The Morgan fingerprint density at radius 2 is 1.88 bits per heavy atom. The fraction of sp³-hybridized carbons (Fsp3) is 0.217. The smallest absolute Gasteiger partial charge is 0.422 e. The second-order valence-corrected chi connectivity index (χ2v) is 8.66. The zero-order valence-electron chi connectivity index (χ0n) is 18.0. The highest BCUT2D eigenvalue weighted by molar-refractivity contribution is 7.90. The summed E-state index contributed by atoms with van der Waals surface area (Å²) in [5.74, 6) is 4.50. The highest BCUT2D eigenvalue weighted by Crippen LogP contribution is 2.23. The molecule has 0 saturated carbocycles. The molecule has 0 bridgehead atoms. The van der Waals surface area contributed by atoms with Gasteiger partial charge >= 0.3 is 6.09 Å². The molecule has 8 nitrogen and oxygen atoms in total. The molecule has 0 fully saturated rings. The number of ether oxygens (including phenoxy) is 1. The van der Waals surface area contributed by atoms with E-state index in [-0.39, 0.29) is 26.1 Å². The van der Waals surface area contributed by atoms with Gasteiger partial charge < -0.3 is 14.6 Å². The zero-order valence-corrected chi connectivity index (χ0v) is 18.8. The summed E-state index contributed by atoms with van der Waals surface area (Å²) >= 11 is 0. The summed E-state index contributed by atoms with van der Waals surface area (Å²) in [4.78, 5) is 24.1. The van der Waals surface area contributed by atoms with Gasteiger partial charge in [-0.3, -0.25) is 4.79 Å². The highest BCUT2D eigenvalue weighted by Gasteiger charge is 2.20. The van der Waals surface area contributed by atoms with Gasteiger partial charge in [0.25, 0.3) is 10.0 Å². The molecule has 1 heterocycles. The lowest BCUT2D eigenvalue weighted by molar-refractivity contribution is -0.118. The number of nitrogens with one attached hydrogen (secondary N) is 2. The maximum atomic E-state index is 13.9. The van der Waals surface area contributed by atoms with Crippen LogP contribution in [0.3, 0.4) is 0 Å². The third kappa shape index (κ3) is 5.70. The van der Waals surface area contributed by atoms with E-state index in [1.165, 1.54) is 30.3 Å². The van der Waals surface area contributed by atoms with Gasteiger partial charge in [-0.1, -0.05) is 18.9 Å². The van der Waals surface area contributed by atoms with Crippen LogP contribution in [0.15, 0.2) is 59.6 Å². The minimum Gasteiger partial charge on any atom is -0.436 e. The Kier molecular flexibility index (Phi) is 7.35. The van der Waals surface area contributed by atoms with Crippen molar-refractivity contribution in [1.29, 1.82) is 0 Å². The van der Waals surface area contributed by atoms with Crippen LogP contribution >= 0.6 is 0 Å². The number of halogens is 1. The molecule has 2 N–H and O–H groups in total. The van der Waals surface area contributed by atoms with Gasteiger partial charge in [0.2, 0.25) is 5.91 Å². The molecule has 0 saturated heterocycles. The van der Waals surface area contributed by atoms with Gasteiger partial charge in [-0.25, -0.2) is 22.3 Å². The Morgan fingerprint density at radius 3 is 2.58 bits per heavy atom. The van der Waals surface area contributed by atoms with Crippen molar-refractivity contribution in [1.82, 2.24) is 9.29 Å². The van der Waals surface area contributed by atoms with E-state index in [1.54, 1.807) is 40.6 Å². The predicted molar refractivity (Wildman–Crippen MR) is 126 cm³/mol. The van der Waals surface area contributed by atoms with Crippen LogP contribution in [-0.2, 0) is 19.6 Å². The average Bonchev–Trinajstić information content (AvgIpc) is 3.22. The van der Waals surface area contributed by atoms with Crippen molar-refractivity contribution in [2.75, 3.05) is 11.9 Å². The monoisotopic (exact) mass is 475 g/mol. The highest BCUT2D eigenvalue weighted by atomic mass is 32.2. The maximum absolute atomic E-state index is 13.9. The summed E-state index contributed by atoms with van der Waals surface area (Å²) in [5.41, 5.74) is 0.934. The molecule has 10 heteroatoms. The number of carbonyl (C=O) groups is 2. The Bertz CT molecular complexity index is 1350. The van der Waals surface area contributed by atoms with Crippen molar-refractivity contribution in [3.05, 3.63) is 60.5 Å². The van der Waals surface area contributed by atoms with Gasteiger partial charge in [0.05, 0.1) is 10.4 Å². The van der Waals surface area contributed by atoms with Crippen LogP contribution in [0.2, 0.25) is 0 Å². The van der Waals surface area contributed by atoms with Crippen LogP contribution in [0.5, 0.6) is 0 Å². The van der Waals surface area contributed by atoms with Crippen molar-refractivity contribution in [2.45, 2.75) is 31.2 Å². The first-order valence-electron chi connectivity index (χ1n) is 10.0. The lowest BCUT2D eigenvalue weighted by Crippen LogP contribution is -2.31. The average molecular weight is 476 g/mol. The van der Waals surface area contributed by atoms with Gasteiger partial charge in [0, 0.05) is 26.5 Å². The summed E-state index contributed by atoms with van der Waals surface area (Å²) in [7, 11) is -4.15. The van der Waals surface area contributed by atoms with Gasteiger partial charge in [0.1, 0.15) is 11.9 Å². The molecule has 0 aliphatic carbocycles. The number of hydrogen-bond donors (Lipinski definition) is 2. The van der Waals surface area contributed by atoms with Crippen LogP contribution in [0.4, 0.5) is 14.9 Å². The number of sulfonamides is 1. The lowest BCUT2D eigenvalue weighted by Gasteiger charge is -2.16. The number of nitrogens with zero attached hydrogens (tertiary/aromatic N) is 1. The second kappa shape index (κ2) is 10.2. The molecule has 2 amide bonds. The first-order valence-corrected chi connectivity index (χ1v) is 11.5. The van der Waals surface area contributed by atoms with Crippen LogP contribution in [-0.4, -0.2) is 31.6 Å². The van der Waals surface area contributed by atoms with Crippen LogP contribution in [0.25, 0.3) is 10.9 Å². The molecule has 176 valence electrons. The topological polar surface area (TPSA) is 106 Å². The summed E-state index contributed by atoms with van der Waals surface area (Å²) in [6, 6.07) is 10.9. The van der Waals surface area contributed by atoms with Crippen molar-refractivity contribution in [3.63, 3.8) is 0 Å². The molecule has 0 aliphatic rings. The molecular weight excluding hydrogens is 449 g/mol. The van der Waals surface area contributed by atoms with Crippen molar-refractivity contribution in [2.24, 2.45) is 0 Å². The van der Waals surface area contributed by atoms with Crippen LogP contribution < -0.4 is 10.0 Å². The standard InChI is InChI=1S/C23H22FN3O5S.2H2/c1-3-4-5-15-32-23(29)26-33(30,31)18-11-9-17(10-12-18)25-22(28)16(2)27-14-13-19-20(24)7-6-8-21(19)27;;/h6-14,16H,3,15H2,1-2H3,(H,25,28)(H,26,29);2*1H/t16-;;/m1../s1. The number of carbonyl (C=O) groups excluding carboxylic acids is 2. The number of fused-ring (bicyclic) bond motifs is 1. The first-order chi connectivity index (χ1) is 15.7. The molecule has 0 radical (unpaired) electrons. The summed E-state index contributed by atoms with van der Waals surface area (Å²) in [5, 5.41) is 3.11. The molecule has 0 aliphatic heterocycles. The number of aromatic nitrogens is 1. The van der Waals surface area contributed by atoms with Crippen molar-refractivity contribution in [3.8, 4) is 11.8 Å². The Labute approximate surface area is 193 Å². The maximum Gasteiger partial charge on any atom is 0.422 e. The zero-order chi connectivity index (χ0) is 24.0. The molecule has 0 unspecified atom stereocenters. The molecule has 0 spiro atoms. The van der Waals surface area contributed by atoms with E-state index in [4.69, 9.17) is 4.74 Å². The Morgan fingerprint density at radius 1 is 1.15 bits per heavy atom. The normalized spacial score (nSPS) is 11.8. The Balaban J connectivity index is 0.00000306. The fourth-order valence-corrected chi connectivity index (χ4v) is 3.95. The summed E-state index contributed by atoms with van der Waals surface area (Å²) < 4.78 is 46.7. The molecule has 33 heavy (non-hydrogen) atoms. The molecule has 1 atom stereocenters. The van der Waals surface area contributed by atoms with Gasteiger partial charge in [-0.05, 0) is 49.4 Å². The number of rotatable bonds is 6. The van der Waals surface area contributed by atoms with Crippen molar-refractivity contribution < 1.29 is 30.0 Å². The van der Waals surface area contributed by atoms with Gasteiger partial charge in [0.15, 0.2) is 6.61 Å². The van der Waals surface area contributed by atoms with Crippen molar-refractivity contribution >= 4 is 38.6 Å². The number of amides is 2. The fourth-order valence-electron chi connectivity index (χ4n) is 3.05. The summed E-state index contributed by atoms with van der Waals surface area (Å²) in [6.45, 7) is 3.27. The van der Waals surface area contributed by atoms with Crippen LogP contribution in [0, 0.1) is 17.7 Å². The third-order valence-corrected chi connectivity index (χ3v) is 6.06. The van der Waals surface area contributed by atoms with E-state index < -0.39 is 22.2 Å². The van der Waals surface area contributed by atoms with E-state index in [2.05, 4.69) is 17.2 Å². The SMILES string of the molecule is CCC#CCOC(=O)NS(=O)(=O)c1ccc(NC(=O)[C@@H](C)n2ccc3c(F)cccc32)cc1.[HH].[HH]. The summed E-state index contributed by atoms with van der Waals surface area (Å²) in [6.07, 6.45) is 1.08. The lowest BCUT2D eigenvalue weighted by atomic mass is 10.2. The minimum atomic E-state index is -4.15. The van der Waals surface area contributed by atoms with Gasteiger partial charge in [-0.2, -0.15) is 0 Å². The predicted octanol–water partition coefficient (Wildman–Crippen LogP) is 4.30. The number of benzene rings is 2. The van der Waals surface area contributed by atoms with Crippen LogP contribution in [0.1, 0.15) is 29.2 Å².